The molecule has 32 heavy (non-hydrogen) atoms. The minimum atomic E-state index is -0.241. The summed E-state index contributed by atoms with van der Waals surface area (Å²) in [6, 6.07) is 4.25. The second kappa shape index (κ2) is 7.36. The van der Waals surface area contributed by atoms with Crippen LogP contribution in [0.3, 0.4) is 0 Å². The van der Waals surface area contributed by atoms with Gasteiger partial charge >= 0.3 is 0 Å². The molecular weight excluding hydrogens is 404 g/mol. The van der Waals surface area contributed by atoms with Crippen molar-refractivity contribution >= 4 is 5.78 Å². The van der Waals surface area contributed by atoms with Crippen molar-refractivity contribution in [2.75, 3.05) is 11.6 Å². The van der Waals surface area contributed by atoms with Crippen molar-refractivity contribution < 1.29 is 9.53 Å². The lowest BCUT2D eigenvalue weighted by molar-refractivity contribution is 0.101. The summed E-state index contributed by atoms with van der Waals surface area (Å²) in [7, 11) is 0. The molecule has 2 aromatic heterocycles. The van der Waals surface area contributed by atoms with E-state index in [0.717, 1.165) is 45.7 Å². The number of fused-ring (bicyclic) bond motifs is 5. The van der Waals surface area contributed by atoms with Gasteiger partial charge in [0.1, 0.15) is 5.75 Å². The minimum absolute atomic E-state index is 0.181. The number of carbonyl (C=O) groups is 1. The normalized spacial score (nSPS) is 14.4. The van der Waals surface area contributed by atoms with Crippen molar-refractivity contribution in [2.24, 2.45) is 0 Å². The summed E-state index contributed by atoms with van der Waals surface area (Å²) in [6.45, 7) is 11.2. The number of carbonyl (C=O) groups excluding carboxylic acids is 1. The third-order valence-electron chi connectivity index (χ3n) is 6.37. The molecular formula is C25H28N4O3. The fourth-order valence-corrected chi connectivity index (χ4v) is 4.73. The third kappa shape index (κ3) is 3.06. The van der Waals surface area contributed by atoms with Gasteiger partial charge in [0.05, 0.1) is 30.6 Å². The lowest BCUT2D eigenvalue weighted by Crippen LogP contribution is -2.44. The topological polar surface area (TPSA) is 69.4 Å². The summed E-state index contributed by atoms with van der Waals surface area (Å²) >= 11 is 0. The van der Waals surface area contributed by atoms with Gasteiger partial charge in [0, 0.05) is 59.2 Å². The Morgan fingerprint density at radius 1 is 1.12 bits per heavy atom. The van der Waals surface area contributed by atoms with Gasteiger partial charge in [-0.2, -0.15) is 5.10 Å². The Morgan fingerprint density at radius 2 is 1.91 bits per heavy atom. The highest BCUT2D eigenvalue weighted by atomic mass is 16.5. The van der Waals surface area contributed by atoms with Gasteiger partial charge in [-0.05, 0) is 46.2 Å². The average Bonchev–Trinajstić information content (AvgIpc) is 3.41. The van der Waals surface area contributed by atoms with Crippen LogP contribution in [0.15, 0.2) is 35.5 Å². The predicted octanol–water partition coefficient (Wildman–Crippen LogP) is 3.96. The predicted molar refractivity (Wildman–Crippen MR) is 124 cm³/mol. The fraction of sp³-hybridized carbons (Fsp3) is 0.400. The van der Waals surface area contributed by atoms with Crippen LogP contribution in [0.25, 0.3) is 22.4 Å². The molecule has 2 aliphatic rings. The summed E-state index contributed by atoms with van der Waals surface area (Å²) in [5.41, 5.74) is 6.22. The van der Waals surface area contributed by atoms with Crippen LogP contribution in [-0.2, 0) is 13.0 Å². The highest BCUT2D eigenvalue weighted by Gasteiger charge is 2.32. The zero-order valence-corrected chi connectivity index (χ0v) is 19.2. The van der Waals surface area contributed by atoms with E-state index in [1.54, 1.807) is 12.3 Å². The summed E-state index contributed by atoms with van der Waals surface area (Å²) in [4.78, 5) is 24.8. The number of hydrogen-bond donors (Lipinski definition) is 0. The van der Waals surface area contributed by atoms with E-state index in [9.17, 15) is 9.59 Å². The standard InChI is InChI=1S/C25H28N4O3/c1-14(2)27-11-18(10-26-27)20-8-17-12-28(15(3)4)29-13-21(16(5)30)23(31)9-22(29)24(17)19-6-7-32-25(19)20/h8-11,13-15H,6-7,12H2,1-5H3. The molecule has 0 radical (unpaired) electrons. The summed E-state index contributed by atoms with van der Waals surface area (Å²) < 4.78 is 10.0. The number of benzene rings is 1. The van der Waals surface area contributed by atoms with Crippen molar-refractivity contribution in [3.05, 3.63) is 57.6 Å². The highest BCUT2D eigenvalue weighted by molar-refractivity contribution is 5.94. The molecule has 0 spiro atoms. The molecule has 0 fully saturated rings. The van der Waals surface area contributed by atoms with E-state index in [4.69, 9.17) is 4.74 Å². The number of aromatic nitrogens is 3. The van der Waals surface area contributed by atoms with E-state index in [1.807, 2.05) is 15.6 Å². The van der Waals surface area contributed by atoms with E-state index in [0.29, 0.717) is 13.2 Å². The second-order valence-corrected chi connectivity index (χ2v) is 9.20. The lowest BCUT2D eigenvalue weighted by Gasteiger charge is -2.39. The van der Waals surface area contributed by atoms with Gasteiger partial charge in [-0.25, -0.2) is 0 Å². The smallest absolute Gasteiger partial charge is 0.193 e. The van der Waals surface area contributed by atoms with E-state index < -0.39 is 0 Å². The maximum absolute atomic E-state index is 12.8. The first-order valence-electron chi connectivity index (χ1n) is 11.2. The second-order valence-electron chi connectivity index (χ2n) is 9.20. The molecule has 0 unspecified atom stereocenters. The van der Waals surface area contributed by atoms with E-state index in [1.165, 1.54) is 6.92 Å². The molecule has 2 aliphatic heterocycles. The van der Waals surface area contributed by atoms with Crippen LogP contribution in [0.4, 0.5) is 0 Å². The Hall–Kier alpha value is -3.35. The first-order chi connectivity index (χ1) is 15.3. The molecule has 7 heteroatoms. The lowest BCUT2D eigenvalue weighted by atomic mass is 9.89. The molecule has 0 atom stereocenters. The van der Waals surface area contributed by atoms with Crippen LogP contribution in [0.2, 0.25) is 0 Å². The van der Waals surface area contributed by atoms with Crippen molar-refractivity contribution in [1.29, 1.82) is 0 Å². The van der Waals surface area contributed by atoms with E-state index in [2.05, 4.69) is 50.1 Å². The first-order valence-corrected chi connectivity index (χ1v) is 11.2. The van der Waals surface area contributed by atoms with Gasteiger partial charge in [0.15, 0.2) is 11.2 Å². The molecule has 0 aliphatic carbocycles. The molecule has 166 valence electrons. The Bertz CT molecular complexity index is 1300. The number of hydrogen-bond acceptors (Lipinski definition) is 5. The van der Waals surface area contributed by atoms with Crippen molar-refractivity contribution in [3.63, 3.8) is 0 Å². The molecule has 0 N–H and O–H groups in total. The van der Waals surface area contributed by atoms with Crippen molar-refractivity contribution in [1.82, 2.24) is 14.5 Å². The highest BCUT2D eigenvalue weighted by Crippen LogP contribution is 2.46. The quantitative estimate of drug-likeness (QED) is 0.584. The van der Waals surface area contributed by atoms with E-state index >= 15 is 0 Å². The average molecular weight is 433 g/mol. The third-order valence-corrected chi connectivity index (χ3v) is 6.37. The van der Waals surface area contributed by atoms with Gasteiger partial charge < -0.3 is 9.75 Å². The van der Waals surface area contributed by atoms with Gasteiger partial charge in [-0.15, -0.1) is 0 Å². The molecule has 5 rings (SSSR count). The maximum atomic E-state index is 12.8. The Labute approximate surface area is 187 Å². The van der Waals surface area contributed by atoms with Gasteiger partial charge in [-0.1, -0.05) is 0 Å². The molecule has 0 saturated carbocycles. The van der Waals surface area contributed by atoms with Crippen LogP contribution >= 0.6 is 0 Å². The maximum Gasteiger partial charge on any atom is 0.193 e. The number of pyridine rings is 1. The number of ether oxygens (including phenoxy) is 1. The number of nitrogens with zero attached hydrogens (tertiary/aromatic N) is 4. The number of rotatable bonds is 4. The zero-order valence-electron chi connectivity index (χ0n) is 19.2. The molecule has 3 aromatic rings. The molecule has 7 nitrogen and oxygen atoms in total. The number of ketones is 1. The largest absolute Gasteiger partial charge is 0.492 e. The molecule has 1 aromatic carbocycles. The van der Waals surface area contributed by atoms with Crippen molar-refractivity contribution in [2.45, 2.75) is 59.7 Å². The molecule has 0 bridgehead atoms. The summed E-state index contributed by atoms with van der Waals surface area (Å²) in [5.74, 6) is 0.658. The van der Waals surface area contributed by atoms with Gasteiger partial charge in [-0.3, -0.25) is 18.9 Å². The Balaban J connectivity index is 1.77. The Kier molecular flexibility index (Phi) is 4.73. The van der Waals surface area contributed by atoms with Crippen LogP contribution in [0, 0.1) is 0 Å². The summed E-state index contributed by atoms with van der Waals surface area (Å²) in [6.07, 6.45) is 6.44. The van der Waals surface area contributed by atoms with Gasteiger partial charge in [0.25, 0.3) is 0 Å². The van der Waals surface area contributed by atoms with Crippen LogP contribution < -0.4 is 15.2 Å². The monoisotopic (exact) mass is 432 g/mol. The SMILES string of the molecule is CC(=O)c1cn2c(cc1=O)-c1c(cc(-c3cnn(C(C)C)c3)c3c1CCO3)CN2C(C)C. The fourth-order valence-electron chi connectivity index (χ4n) is 4.73. The van der Waals surface area contributed by atoms with Crippen molar-refractivity contribution in [3.8, 4) is 28.1 Å². The van der Waals surface area contributed by atoms with Crippen LogP contribution in [0.1, 0.15) is 62.1 Å². The van der Waals surface area contributed by atoms with Crippen LogP contribution in [-0.4, -0.2) is 32.9 Å². The first kappa shape index (κ1) is 20.5. The van der Waals surface area contributed by atoms with Crippen LogP contribution in [0.5, 0.6) is 5.75 Å². The summed E-state index contributed by atoms with van der Waals surface area (Å²) in [5, 5.41) is 6.71. The Morgan fingerprint density at radius 3 is 2.56 bits per heavy atom. The zero-order chi connectivity index (χ0) is 22.7. The molecule has 0 amide bonds. The van der Waals surface area contributed by atoms with Gasteiger partial charge in [0.2, 0.25) is 0 Å². The van der Waals surface area contributed by atoms with E-state index in [-0.39, 0.29) is 28.9 Å². The minimum Gasteiger partial charge on any atom is -0.492 e. The number of Topliss-reactive ketones (excluding diaryl/α,β-unsaturated/α-hetero) is 1. The molecule has 0 saturated heterocycles. The molecule has 4 heterocycles.